The number of allylic oxidation sites excluding steroid dienone is 1. The molecule has 1 heterocycles. The first-order valence-electron chi connectivity index (χ1n) is 11.9. The number of para-hydroxylation sites is 1. The fourth-order valence-corrected chi connectivity index (χ4v) is 4.28. The molecule has 4 aromatic rings. The monoisotopic (exact) mass is 436 g/mol. The summed E-state index contributed by atoms with van der Waals surface area (Å²) in [6.07, 6.45) is 4.77. The van der Waals surface area contributed by atoms with Gasteiger partial charge in [-0.3, -0.25) is 0 Å². The first-order chi connectivity index (χ1) is 16.0. The van der Waals surface area contributed by atoms with Crippen LogP contribution in [0.2, 0.25) is 0 Å². The zero-order chi connectivity index (χ0) is 23.8. The molecular formula is C31H36N2. The van der Waals surface area contributed by atoms with Gasteiger partial charge in [0.1, 0.15) is 0 Å². The average Bonchev–Trinajstić information content (AvgIpc) is 3.13. The SMILES string of the molecule is C=C(C)c1ccc(C)cc1.CCCc1c(CC)n(Cc2ccc(C=N)cc2)c2ccccc12. The lowest BCUT2D eigenvalue weighted by Crippen LogP contribution is -2.05. The van der Waals surface area contributed by atoms with Gasteiger partial charge in [-0.1, -0.05) is 105 Å². The number of nitrogens with zero attached hydrogens (tertiary/aromatic N) is 1. The van der Waals surface area contributed by atoms with E-state index in [9.17, 15) is 0 Å². The van der Waals surface area contributed by atoms with Crippen molar-refractivity contribution in [2.24, 2.45) is 0 Å². The molecule has 3 aromatic carbocycles. The number of benzene rings is 3. The maximum Gasteiger partial charge on any atom is 0.0488 e. The highest BCUT2D eigenvalue weighted by Crippen LogP contribution is 2.29. The topological polar surface area (TPSA) is 28.8 Å². The van der Waals surface area contributed by atoms with Gasteiger partial charge in [0.2, 0.25) is 0 Å². The van der Waals surface area contributed by atoms with Crippen LogP contribution < -0.4 is 0 Å². The van der Waals surface area contributed by atoms with Crippen LogP contribution in [0.5, 0.6) is 0 Å². The van der Waals surface area contributed by atoms with Gasteiger partial charge in [0.15, 0.2) is 0 Å². The van der Waals surface area contributed by atoms with Crippen molar-refractivity contribution in [2.75, 3.05) is 0 Å². The van der Waals surface area contributed by atoms with Crippen molar-refractivity contribution in [3.63, 3.8) is 0 Å². The van der Waals surface area contributed by atoms with E-state index in [0.29, 0.717) is 0 Å². The van der Waals surface area contributed by atoms with E-state index in [-0.39, 0.29) is 0 Å². The molecule has 0 amide bonds. The third-order valence-corrected chi connectivity index (χ3v) is 6.06. The summed E-state index contributed by atoms with van der Waals surface area (Å²) < 4.78 is 2.47. The molecule has 0 saturated carbocycles. The van der Waals surface area contributed by atoms with E-state index in [0.717, 1.165) is 30.5 Å². The van der Waals surface area contributed by atoms with E-state index in [1.807, 2.05) is 19.1 Å². The zero-order valence-electron chi connectivity index (χ0n) is 20.5. The predicted octanol–water partition coefficient (Wildman–Crippen LogP) is 8.23. The molecule has 2 heteroatoms. The molecule has 33 heavy (non-hydrogen) atoms. The molecule has 0 spiro atoms. The van der Waals surface area contributed by atoms with Crippen molar-refractivity contribution >= 4 is 22.7 Å². The summed E-state index contributed by atoms with van der Waals surface area (Å²) in [5.74, 6) is 0. The highest BCUT2D eigenvalue weighted by Gasteiger charge is 2.15. The lowest BCUT2D eigenvalue weighted by molar-refractivity contribution is 0.759. The molecule has 4 rings (SSSR count). The molecule has 0 unspecified atom stereocenters. The Hall–Kier alpha value is -3.39. The fourth-order valence-electron chi connectivity index (χ4n) is 4.28. The summed E-state index contributed by atoms with van der Waals surface area (Å²) in [5.41, 5.74) is 10.2. The second-order valence-electron chi connectivity index (χ2n) is 8.66. The minimum Gasteiger partial charge on any atom is -0.340 e. The van der Waals surface area contributed by atoms with Gasteiger partial charge in [0, 0.05) is 29.4 Å². The van der Waals surface area contributed by atoms with E-state index < -0.39 is 0 Å². The fraction of sp³-hybridized carbons (Fsp3) is 0.258. The first kappa shape index (κ1) is 24.3. The van der Waals surface area contributed by atoms with Crippen LogP contribution in [0.15, 0.2) is 79.4 Å². The molecule has 0 saturated heterocycles. The quantitative estimate of drug-likeness (QED) is 0.283. The summed E-state index contributed by atoms with van der Waals surface area (Å²) in [4.78, 5) is 0. The largest absolute Gasteiger partial charge is 0.340 e. The maximum absolute atomic E-state index is 7.33. The van der Waals surface area contributed by atoms with Gasteiger partial charge < -0.3 is 9.98 Å². The molecule has 1 N–H and O–H groups in total. The Kier molecular flexibility index (Phi) is 8.43. The molecule has 2 nitrogen and oxygen atoms in total. The van der Waals surface area contributed by atoms with Crippen molar-refractivity contribution in [1.29, 1.82) is 5.41 Å². The molecule has 0 bridgehead atoms. The van der Waals surface area contributed by atoms with Crippen molar-refractivity contribution in [1.82, 2.24) is 4.57 Å². The molecule has 0 radical (unpaired) electrons. The van der Waals surface area contributed by atoms with Gasteiger partial charge >= 0.3 is 0 Å². The third-order valence-electron chi connectivity index (χ3n) is 6.06. The summed E-state index contributed by atoms with van der Waals surface area (Å²) in [7, 11) is 0. The third kappa shape index (κ3) is 5.90. The van der Waals surface area contributed by atoms with Gasteiger partial charge in [-0.2, -0.15) is 0 Å². The Labute approximate surface area is 199 Å². The smallest absolute Gasteiger partial charge is 0.0488 e. The van der Waals surface area contributed by atoms with Crippen LogP contribution in [0.3, 0.4) is 0 Å². The van der Waals surface area contributed by atoms with Crippen molar-refractivity contribution < 1.29 is 0 Å². The van der Waals surface area contributed by atoms with E-state index in [4.69, 9.17) is 5.41 Å². The molecule has 0 fully saturated rings. The number of hydrogen-bond donors (Lipinski definition) is 1. The molecule has 0 aliphatic rings. The Balaban J connectivity index is 0.000000257. The average molecular weight is 437 g/mol. The number of nitrogens with one attached hydrogen (secondary N) is 1. The zero-order valence-corrected chi connectivity index (χ0v) is 20.5. The number of fused-ring (bicyclic) bond motifs is 1. The van der Waals surface area contributed by atoms with Crippen LogP contribution in [0.25, 0.3) is 16.5 Å². The molecule has 170 valence electrons. The molecule has 0 aliphatic heterocycles. The minimum absolute atomic E-state index is 0.895. The number of aryl methyl sites for hydroxylation is 2. The highest BCUT2D eigenvalue weighted by molar-refractivity contribution is 5.85. The highest BCUT2D eigenvalue weighted by atomic mass is 15.0. The first-order valence-corrected chi connectivity index (χ1v) is 11.9. The van der Waals surface area contributed by atoms with Crippen molar-refractivity contribution in [3.05, 3.63) is 113 Å². The van der Waals surface area contributed by atoms with Gasteiger partial charge in [0.25, 0.3) is 0 Å². The Morgan fingerprint density at radius 2 is 1.61 bits per heavy atom. The standard InChI is InChI=1S/C21H24N2.C10H12/c1-3-7-18-19-8-5-6-9-21(19)23(20(18)4-2)15-17-12-10-16(14-22)11-13-17;1-8(2)10-6-4-9(3)5-7-10/h5-6,8-14,22H,3-4,7,15H2,1-2H3;4-7H,1H2,2-3H3. The van der Waals surface area contributed by atoms with Crippen LogP contribution in [-0.2, 0) is 19.4 Å². The number of rotatable bonds is 7. The molecular weight excluding hydrogens is 400 g/mol. The van der Waals surface area contributed by atoms with Crippen LogP contribution in [0.4, 0.5) is 0 Å². The second kappa shape index (κ2) is 11.5. The van der Waals surface area contributed by atoms with Gasteiger partial charge in [-0.05, 0) is 55.0 Å². The number of hydrogen-bond acceptors (Lipinski definition) is 1. The van der Waals surface area contributed by atoms with E-state index in [2.05, 4.69) is 92.6 Å². The van der Waals surface area contributed by atoms with Crippen LogP contribution in [0, 0.1) is 12.3 Å². The van der Waals surface area contributed by atoms with Crippen LogP contribution >= 0.6 is 0 Å². The maximum atomic E-state index is 7.33. The molecule has 0 atom stereocenters. The Morgan fingerprint density at radius 1 is 0.939 bits per heavy atom. The summed E-state index contributed by atoms with van der Waals surface area (Å²) in [5, 5.41) is 8.73. The normalized spacial score (nSPS) is 10.5. The van der Waals surface area contributed by atoms with Crippen molar-refractivity contribution in [2.45, 2.75) is 53.5 Å². The Morgan fingerprint density at radius 3 is 2.18 bits per heavy atom. The van der Waals surface area contributed by atoms with E-state index in [1.165, 1.54) is 51.5 Å². The Bertz CT molecular complexity index is 1210. The summed E-state index contributed by atoms with van der Waals surface area (Å²) in [6, 6.07) is 25.5. The predicted molar refractivity (Wildman–Crippen MR) is 145 cm³/mol. The summed E-state index contributed by atoms with van der Waals surface area (Å²) >= 11 is 0. The molecule has 1 aromatic heterocycles. The molecule has 0 aliphatic carbocycles. The minimum atomic E-state index is 0.895. The lowest BCUT2D eigenvalue weighted by Gasteiger charge is -2.11. The van der Waals surface area contributed by atoms with Crippen LogP contribution in [0.1, 0.15) is 60.7 Å². The van der Waals surface area contributed by atoms with Crippen LogP contribution in [-0.4, -0.2) is 10.8 Å². The van der Waals surface area contributed by atoms with Gasteiger partial charge in [-0.25, -0.2) is 0 Å². The van der Waals surface area contributed by atoms with Gasteiger partial charge in [0.05, 0.1) is 0 Å². The van der Waals surface area contributed by atoms with E-state index >= 15 is 0 Å². The lowest BCUT2D eigenvalue weighted by atomic mass is 10.0. The van der Waals surface area contributed by atoms with Crippen molar-refractivity contribution in [3.8, 4) is 0 Å². The van der Waals surface area contributed by atoms with Gasteiger partial charge in [-0.15, -0.1) is 0 Å². The number of aromatic nitrogens is 1. The summed E-state index contributed by atoms with van der Waals surface area (Å²) in [6.45, 7) is 13.4. The second-order valence-corrected chi connectivity index (χ2v) is 8.66. The van der Waals surface area contributed by atoms with E-state index in [1.54, 1.807) is 0 Å².